The Kier molecular flexibility index (Phi) is 6.20. The fraction of sp³-hybridized carbons (Fsp3) is 0.444. The SMILES string of the molecule is CCOC(=O)CCCCCn1ccc(=O)c2cccc(OC)c21. The summed E-state index contributed by atoms with van der Waals surface area (Å²) in [4.78, 5) is 23.3. The number of carbonyl (C=O) groups is 1. The second-order valence-electron chi connectivity index (χ2n) is 5.35. The highest BCUT2D eigenvalue weighted by Gasteiger charge is 2.08. The van der Waals surface area contributed by atoms with Gasteiger partial charge in [0, 0.05) is 30.6 Å². The summed E-state index contributed by atoms with van der Waals surface area (Å²) in [5, 5.41) is 0.665. The van der Waals surface area contributed by atoms with E-state index in [2.05, 4.69) is 0 Å². The van der Waals surface area contributed by atoms with Crippen molar-refractivity contribution in [1.82, 2.24) is 4.57 Å². The van der Waals surface area contributed by atoms with Gasteiger partial charge in [-0.2, -0.15) is 0 Å². The molecule has 2 rings (SSSR count). The van der Waals surface area contributed by atoms with Gasteiger partial charge in [-0.1, -0.05) is 12.5 Å². The predicted molar refractivity (Wildman–Crippen MR) is 89.9 cm³/mol. The summed E-state index contributed by atoms with van der Waals surface area (Å²) in [5.41, 5.74) is 0.824. The van der Waals surface area contributed by atoms with E-state index in [1.54, 1.807) is 19.4 Å². The topological polar surface area (TPSA) is 57.5 Å². The van der Waals surface area contributed by atoms with Crippen LogP contribution in [0.5, 0.6) is 5.75 Å². The van der Waals surface area contributed by atoms with Gasteiger partial charge in [0.1, 0.15) is 5.75 Å². The molecular weight excluding hydrogens is 294 g/mol. The molecule has 0 unspecified atom stereocenters. The van der Waals surface area contributed by atoms with Gasteiger partial charge in [0.25, 0.3) is 0 Å². The highest BCUT2D eigenvalue weighted by Crippen LogP contribution is 2.23. The van der Waals surface area contributed by atoms with Gasteiger partial charge in [-0.3, -0.25) is 9.59 Å². The Morgan fingerprint density at radius 2 is 2.00 bits per heavy atom. The molecule has 5 nitrogen and oxygen atoms in total. The summed E-state index contributed by atoms with van der Waals surface area (Å²) >= 11 is 0. The summed E-state index contributed by atoms with van der Waals surface area (Å²) < 4.78 is 12.3. The summed E-state index contributed by atoms with van der Waals surface area (Å²) in [5.74, 6) is 0.565. The molecule has 0 fully saturated rings. The van der Waals surface area contributed by atoms with Crippen molar-refractivity contribution in [2.45, 2.75) is 39.2 Å². The smallest absolute Gasteiger partial charge is 0.305 e. The zero-order chi connectivity index (χ0) is 16.7. The molecule has 1 heterocycles. The van der Waals surface area contributed by atoms with E-state index in [0.29, 0.717) is 24.2 Å². The average molecular weight is 317 g/mol. The number of ether oxygens (including phenoxy) is 2. The molecule has 1 aromatic carbocycles. The van der Waals surface area contributed by atoms with E-state index in [9.17, 15) is 9.59 Å². The van der Waals surface area contributed by atoms with Gasteiger partial charge in [-0.25, -0.2) is 0 Å². The number of carbonyl (C=O) groups excluding carboxylic acids is 1. The lowest BCUT2D eigenvalue weighted by Gasteiger charge is -2.13. The largest absolute Gasteiger partial charge is 0.495 e. The van der Waals surface area contributed by atoms with Gasteiger partial charge in [0.05, 0.1) is 19.2 Å². The van der Waals surface area contributed by atoms with Crippen LogP contribution in [0.2, 0.25) is 0 Å². The molecule has 0 saturated heterocycles. The van der Waals surface area contributed by atoms with E-state index in [-0.39, 0.29) is 11.4 Å². The highest BCUT2D eigenvalue weighted by molar-refractivity contribution is 5.84. The molecular formula is C18H23NO4. The maximum atomic E-state index is 12.0. The number of rotatable bonds is 8. The maximum absolute atomic E-state index is 12.0. The minimum atomic E-state index is -0.136. The minimum Gasteiger partial charge on any atom is -0.495 e. The number of unbranched alkanes of at least 4 members (excludes halogenated alkanes) is 2. The monoisotopic (exact) mass is 317 g/mol. The Labute approximate surface area is 135 Å². The van der Waals surface area contributed by atoms with Crippen molar-refractivity contribution in [1.29, 1.82) is 0 Å². The first kappa shape index (κ1) is 17.1. The standard InChI is InChI=1S/C18H23NO4/c1-3-23-17(21)10-5-4-6-12-19-13-11-15(20)14-8-7-9-16(22-2)18(14)19/h7-9,11,13H,3-6,10,12H2,1-2H3. The minimum absolute atomic E-state index is 0.00235. The lowest BCUT2D eigenvalue weighted by atomic mass is 10.1. The van der Waals surface area contributed by atoms with Crippen LogP contribution in [0.15, 0.2) is 35.3 Å². The van der Waals surface area contributed by atoms with E-state index in [1.165, 1.54) is 0 Å². The van der Waals surface area contributed by atoms with Crippen LogP contribution in [0.3, 0.4) is 0 Å². The van der Waals surface area contributed by atoms with E-state index in [1.807, 2.05) is 29.7 Å². The third kappa shape index (κ3) is 4.34. The summed E-state index contributed by atoms with van der Waals surface area (Å²) in [6.07, 6.45) is 4.94. The lowest BCUT2D eigenvalue weighted by molar-refractivity contribution is -0.143. The Hall–Kier alpha value is -2.30. The second kappa shape index (κ2) is 8.36. The van der Waals surface area contributed by atoms with Gasteiger partial charge in [0.2, 0.25) is 0 Å². The molecule has 0 aliphatic rings. The molecule has 23 heavy (non-hydrogen) atoms. The number of aromatic nitrogens is 1. The molecule has 0 N–H and O–H groups in total. The zero-order valence-electron chi connectivity index (χ0n) is 13.7. The first-order chi connectivity index (χ1) is 11.2. The number of fused-ring (bicyclic) bond motifs is 1. The van der Waals surface area contributed by atoms with Crippen LogP contribution in [-0.4, -0.2) is 24.3 Å². The van der Waals surface area contributed by atoms with E-state index in [0.717, 1.165) is 31.3 Å². The molecule has 5 heteroatoms. The van der Waals surface area contributed by atoms with Crippen molar-refractivity contribution >= 4 is 16.9 Å². The van der Waals surface area contributed by atoms with Crippen LogP contribution < -0.4 is 10.2 Å². The predicted octanol–water partition coefficient (Wildman–Crippen LogP) is 3.13. The Morgan fingerprint density at radius 1 is 1.17 bits per heavy atom. The third-order valence-electron chi connectivity index (χ3n) is 3.76. The maximum Gasteiger partial charge on any atom is 0.305 e. The molecule has 0 bridgehead atoms. The van der Waals surface area contributed by atoms with Crippen LogP contribution in [0.25, 0.3) is 10.9 Å². The Morgan fingerprint density at radius 3 is 2.74 bits per heavy atom. The number of methoxy groups -OCH3 is 1. The highest BCUT2D eigenvalue weighted by atomic mass is 16.5. The van der Waals surface area contributed by atoms with Gasteiger partial charge < -0.3 is 14.0 Å². The molecule has 0 aliphatic heterocycles. The molecule has 0 amide bonds. The lowest BCUT2D eigenvalue weighted by Crippen LogP contribution is -2.09. The first-order valence-electron chi connectivity index (χ1n) is 7.99. The van der Waals surface area contributed by atoms with Crippen molar-refractivity contribution < 1.29 is 14.3 Å². The number of benzene rings is 1. The number of hydrogen-bond acceptors (Lipinski definition) is 4. The van der Waals surface area contributed by atoms with Crippen molar-refractivity contribution in [2.24, 2.45) is 0 Å². The number of esters is 1. The summed E-state index contributed by atoms with van der Waals surface area (Å²) in [7, 11) is 1.61. The molecule has 124 valence electrons. The molecule has 0 aliphatic carbocycles. The van der Waals surface area contributed by atoms with Gasteiger partial charge in [0.15, 0.2) is 5.43 Å². The van der Waals surface area contributed by atoms with E-state index >= 15 is 0 Å². The fourth-order valence-corrected chi connectivity index (χ4v) is 2.65. The molecule has 0 radical (unpaired) electrons. The van der Waals surface area contributed by atoms with Gasteiger partial charge >= 0.3 is 5.97 Å². The summed E-state index contributed by atoms with van der Waals surface area (Å²) in [6.45, 7) is 3.02. The number of aryl methyl sites for hydroxylation is 1. The van der Waals surface area contributed by atoms with E-state index in [4.69, 9.17) is 9.47 Å². The molecule has 2 aromatic rings. The number of para-hydroxylation sites is 1. The number of pyridine rings is 1. The van der Waals surface area contributed by atoms with Crippen LogP contribution in [0, 0.1) is 0 Å². The van der Waals surface area contributed by atoms with Crippen molar-refractivity contribution in [3.8, 4) is 5.75 Å². The fourth-order valence-electron chi connectivity index (χ4n) is 2.65. The molecule has 0 atom stereocenters. The van der Waals surface area contributed by atoms with Gasteiger partial charge in [-0.05, 0) is 31.9 Å². The van der Waals surface area contributed by atoms with Crippen LogP contribution in [0.1, 0.15) is 32.6 Å². The normalized spacial score (nSPS) is 10.7. The van der Waals surface area contributed by atoms with Crippen molar-refractivity contribution in [3.05, 3.63) is 40.7 Å². The van der Waals surface area contributed by atoms with Crippen LogP contribution in [0.4, 0.5) is 0 Å². The zero-order valence-corrected chi connectivity index (χ0v) is 13.7. The second-order valence-corrected chi connectivity index (χ2v) is 5.35. The third-order valence-corrected chi connectivity index (χ3v) is 3.76. The number of nitrogens with zero attached hydrogens (tertiary/aromatic N) is 1. The molecule has 0 spiro atoms. The average Bonchev–Trinajstić information content (AvgIpc) is 2.56. The number of hydrogen-bond donors (Lipinski definition) is 0. The van der Waals surface area contributed by atoms with Gasteiger partial charge in [-0.15, -0.1) is 0 Å². The molecule has 1 aromatic heterocycles. The summed E-state index contributed by atoms with van der Waals surface area (Å²) in [6, 6.07) is 7.09. The quantitative estimate of drug-likeness (QED) is 0.554. The van der Waals surface area contributed by atoms with Crippen molar-refractivity contribution in [3.63, 3.8) is 0 Å². The molecule has 0 saturated carbocycles. The Bertz CT molecular complexity index is 721. The van der Waals surface area contributed by atoms with E-state index < -0.39 is 0 Å². The first-order valence-corrected chi connectivity index (χ1v) is 7.99. The van der Waals surface area contributed by atoms with Crippen LogP contribution in [-0.2, 0) is 16.1 Å². The van der Waals surface area contributed by atoms with Crippen molar-refractivity contribution in [2.75, 3.05) is 13.7 Å². The van der Waals surface area contributed by atoms with Crippen LogP contribution >= 0.6 is 0 Å². The Balaban J connectivity index is 2.02.